The molecule has 2 aromatic rings. The van der Waals surface area contributed by atoms with Crippen LogP contribution in [-0.4, -0.2) is 22.7 Å². The van der Waals surface area contributed by atoms with Crippen molar-refractivity contribution >= 4 is 25.6 Å². The van der Waals surface area contributed by atoms with Gasteiger partial charge in [0.05, 0.1) is 9.79 Å². The largest absolute Gasteiger partial charge is 0.366 e. The molecule has 2 rings (SSSR count). The average molecular weight is 391 g/mol. The van der Waals surface area contributed by atoms with Crippen LogP contribution in [-0.2, 0) is 26.1 Å². The molecule has 136 valence electrons. The van der Waals surface area contributed by atoms with Crippen molar-refractivity contribution in [2.24, 2.45) is 5.73 Å². The van der Waals surface area contributed by atoms with Crippen molar-refractivity contribution in [3.05, 3.63) is 83.1 Å². The van der Waals surface area contributed by atoms with Gasteiger partial charge in [-0.3, -0.25) is 4.79 Å². The molecule has 1 amide bonds. The van der Waals surface area contributed by atoms with E-state index < -0.39 is 29.8 Å². The maximum atomic E-state index is 12.7. The van der Waals surface area contributed by atoms with E-state index in [0.717, 1.165) is 6.07 Å². The number of hydrogen-bond acceptors (Lipinski definition) is 5. The number of benzene rings is 2. The molecule has 6 nitrogen and oxygen atoms in total. The fourth-order valence-electron chi connectivity index (χ4n) is 2.23. The van der Waals surface area contributed by atoms with Crippen LogP contribution in [0.25, 0.3) is 0 Å². The molecule has 0 aromatic heterocycles. The second kappa shape index (κ2) is 7.27. The van der Waals surface area contributed by atoms with Gasteiger partial charge in [0.1, 0.15) is 0 Å². The third kappa shape index (κ3) is 3.76. The topological polar surface area (TPSA) is 111 Å². The van der Waals surface area contributed by atoms with E-state index in [-0.39, 0.29) is 15.4 Å². The van der Waals surface area contributed by atoms with Crippen LogP contribution < -0.4 is 5.73 Å². The molecule has 0 aliphatic carbocycles. The summed E-state index contributed by atoms with van der Waals surface area (Å²) in [5.74, 6) is -0.826. The highest BCUT2D eigenvalue weighted by molar-refractivity contribution is 8.14. The first kappa shape index (κ1) is 19.6. The standard InChI is InChI=1S/C18H17NO5S2/c1-3-6-14-7-4-9-16(11-14)25(21,22)13(2)26(23,24)17-10-5-8-15(12-17)18(19)20/h3-5,7-12H,1-2,6H2,(H2,19,20). The highest BCUT2D eigenvalue weighted by atomic mass is 32.3. The first-order chi connectivity index (χ1) is 12.1. The number of primary amides is 1. The van der Waals surface area contributed by atoms with Crippen LogP contribution in [0.15, 0.2) is 81.8 Å². The minimum Gasteiger partial charge on any atom is -0.366 e. The highest BCUT2D eigenvalue weighted by Gasteiger charge is 2.32. The van der Waals surface area contributed by atoms with Crippen LogP contribution in [0.1, 0.15) is 15.9 Å². The third-order valence-electron chi connectivity index (χ3n) is 3.62. The SMILES string of the molecule is C=CCc1cccc(S(=O)(=O)C(=C)S(=O)(=O)c2cccc(C(N)=O)c2)c1. The Bertz CT molecular complexity index is 1100. The summed E-state index contributed by atoms with van der Waals surface area (Å²) in [6.07, 6.45) is 2.04. The Morgan fingerprint density at radius 1 is 0.962 bits per heavy atom. The summed E-state index contributed by atoms with van der Waals surface area (Å²) in [6.45, 7) is 6.87. The zero-order valence-corrected chi connectivity index (χ0v) is 15.4. The molecule has 0 unspecified atom stereocenters. The lowest BCUT2D eigenvalue weighted by molar-refractivity contribution is 0.1000. The van der Waals surface area contributed by atoms with Crippen LogP contribution in [0.4, 0.5) is 0 Å². The number of sulfone groups is 2. The van der Waals surface area contributed by atoms with Gasteiger partial charge in [0.2, 0.25) is 25.6 Å². The Balaban J connectivity index is 2.52. The van der Waals surface area contributed by atoms with Crippen LogP contribution >= 0.6 is 0 Å². The van der Waals surface area contributed by atoms with Gasteiger partial charge in [-0.2, -0.15) is 0 Å². The summed E-state index contributed by atoms with van der Waals surface area (Å²) in [4.78, 5) is 10.7. The van der Waals surface area contributed by atoms with Gasteiger partial charge in [-0.15, -0.1) is 6.58 Å². The van der Waals surface area contributed by atoms with Crippen molar-refractivity contribution < 1.29 is 21.6 Å². The molecule has 0 fully saturated rings. The summed E-state index contributed by atoms with van der Waals surface area (Å²) >= 11 is 0. The maximum Gasteiger partial charge on any atom is 0.248 e. The summed E-state index contributed by atoms with van der Waals surface area (Å²) < 4.78 is 49.9. The monoisotopic (exact) mass is 391 g/mol. The van der Waals surface area contributed by atoms with Crippen LogP contribution in [0, 0.1) is 0 Å². The van der Waals surface area contributed by atoms with E-state index in [1.165, 1.54) is 36.4 Å². The molecule has 8 heteroatoms. The Morgan fingerprint density at radius 3 is 2.04 bits per heavy atom. The zero-order chi connectivity index (χ0) is 19.5. The summed E-state index contributed by atoms with van der Waals surface area (Å²) in [6, 6.07) is 10.7. The first-order valence-electron chi connectivity index (χ1n) is 7.39. The smallest absolute Gasteiger partial charge is 0.248 e. The van der Waals surface area contributed by atoms with Crippen molar-refractivity contribution in [1.82, 2.24) is 0 Å². The quantitative estimate of drug-likeness (QED) is 0.728. The third-order valence-corrected chi connectivity index (χ3v) is 7.88. The molecule has 26 heavy (non-hydrogen) atoms. The fraction of sp³-hybridized carbons (Fsp3) is 0.0556. The van der Waals surface area contributed by atoms with E-state index in [2.05, 4.69) is 13.2 Å². The summed E-state index contributed by atoms with van der Waals surface area (Å²) in [5.41, 5.74) is 5.76. The molecule has 0 spiro atoms. The lowest BCUT2D eigenvalue weighted by Crippen LogP contribution is -2.16. The molecule has 0 saturated heterocycles. The van der Waals surface area contributed by atoms with Gasteiger partial charge in [-0.05, 0) is 42.3 Å². The molecule has 0 atom stereocenters. The number of carbonyl (C=O) groups is 1. The fourth-order valence-corrected chi connectivity index (χ4v) is 5.59. The number of amides is 1. The molecule has 0 saturated carbocycles. The molecule has 2 aromatic carbocycles. The van der Waals surface area contributed by atoms with Gasteiger partial charge >= 0.3 is 0 Å². The van der Waals surface area contributed by atoms with Gasteiger partial charge in [-0.25, -0.2) is 16.8 Å². The van der Waals surface area contributed by atoms with Gasteiger partial charge in [0.25, 0.3) is 0 Å². The maximum absolute atomic E-state index is 12.7. The normalized spacial score (nSPS) is 11.7. The molecular formula is C18H17NO5S2. The Kier molecular flexibility index (Phi) is 5.48. The van der Waals surface area contributed by atoms with Gasteiger partial charge in [0.15, 0.2) is 4.24 Å². The Morgan fingerprint density at radius 2 is 1.50 bits per heavy atom. The molecular weight excluding hydrogens is 374 g/mol. The van der Waals surface area contributed by atoms with E-state index in [0.29, 0.717) is 12.0 Å². The highest BCUT2D eigenvalue weighted by Crippen LogP contribution is 2.28. The van der Waals surface area contributed by atoms with Crippen molar-refractivity contribution in [2.75, 3.05) is 0 Å². The molecule has 2 N–H and O–H groups in total. The predicted molar refractivity (Wildman–Crippen MR) is 98.8 cm³/mol. The number of hydrogen-bond donors (Lipinski definition) is 1. The summed E-state index contributed by atoms with van der Waals surface area (Å²) in [5, 5.41) is 0. The van der Waals surface area contributed by atoms with Crippen molar-refractivity contribution in [3.8, 4) is 0 Å². The van der Waals surface area contributed by atoms with Crippen molar-refractivity contribution in [2.45, 2.75) is 16.2 Å². The molecule has 0 radical (unpaired) electrons. The van der Waals surface area contributed by atoms with Gasteiger partial charge < -0.3 is 5.73 Å². The van der Waals surface area contributed by atoms with Crippen LogP contribution in [0.2, 0.25) is 0 Å². The molecule has 0 aliphatic heterocycles. The van der Waals surface area contributed by atoms with E-state index in [4.69, 9.17) is 5.73 Å². The number of carbonyl (C=O) groups excluding carboxylic acids is 1. The number of rotatable bonds is 7. The lowest BCUT2D eigenvalue weighted by Gasteiger charge is -2.11. The van der Waals surface area contributed by atoms with E-state index in [1.807, 2.05) is 0 Å². The minimum atomic E-state index is -4.44. The first-order valence-corrected chi connectivity index (χ1v) is 10.4. The Hall–Kier alpha value is -2.71. The van der Waals surface area contributed by atoms with E-state index in [1.54, 1.807) is 12.1 Å². The van der Waals surface area contributed by atoms with Crippen LogP contribution in [0.5, 0.6) is 0 Å². The predicted octanol–water partition coefficient (Wildman–Crippen LogP) is 2.23. The minimum absolute atomic E-state index is 0.0516. The molecule has 0 heterocycles. The molecule has 0 bridgehead atoms. The summed E-state index contributed by atoms with van der Waals surface area (Å²) in [7, 11) is -8.79. The average Bonchev–Trinajstić information content (AvgIpc) is 2.61. The lowest BCUT2D eigenvalue weighted by atomic mass is 10.2. The number of nitrogens with two attached hydrogens (primary N) is 1. The van der Waals surface area contributed by atoms with Crippen molar-refractivity contribution in [1.29, 1.82) is 0 Å². The van der Waals surface area contributed by atoms with E-state index in [9.17, 15) is 21.6 Å². The second-order valence-corrected chi connectivity index (χ2v) is 9.61. The molecule has 0 aliphatic rings. The van der Waals surface area contributed by atoms with Gasteiger partial charge in [-0.1, -0.05) is 30.9 Å². The van der Waals surface area contributed by atoms with Crippen molar-refractivity contribution in [3.63, 3.8) is 0 Å². The van der Waals surface area contributed by atoms with Gasteiger partial charge in [0, 0.05) is 5.56 Å². The number of allylic oxidation sites excluding steroid dienone is 1. The van der Waals surface area contributed by atoms with E-state index >= 15 is 0 Å². The zero-order valence-electron chi connectivity index (χ0n) is 13.8. The van der Waals surface area contributed by atoms with Crippen LogP contribution in [0.3, 0.4) is 0 Å². The second-order valence-electron chi connectivity index (χ2n) is 5.41. The Labute approximate surface area is 152 Å².